The molecule has 0 saturated heterocycles. The van der Waals surface area contributed by atoms with Crippen LogP contribution in [0.1, 0.15) is 15.4 Å². The van der Waals surface area contributed by atoms with Gasteiger partial charge < -0.3 is 0 Å². The first kappa shape index (κ1) is 13.7. The maximum Gasteiger partial charge on any atom is 0.242 e. The largest absolute Gasteiger partial charge is 0.250 e. The van der Waals surface area contributed by atoms with Crippen LogP contribution in [0.3, 0.4) is 0 Å². The third-order valence-corrected chi connectivity index (χ3v) is 4.77. The minimum atomic E-state index is -3.69. The number of nitrogens with zero attached hydrogens (tertiary/aromatic N) is 2. The van der Waals surface area contributed by atoms with E-state index in [-0.39, 0.29) is 17.0 Å². The zero-order valence-corrected chi connectivity index (χ0v) is 11.8. The molecule has 0 amide bonds. The molecule has 19 heavy (non-hydrogen) atoms. The van der Waals surface area contributed by atoms with Gasteiger partial charge in [0.1, 0.15) is 6.07 Å². The van der Waals surface area contributed by atoms with Gasteiger partial charge in [-0.25, -0.2) is 18.1 Å². The molecule has 0 unspecified atom stereocenters. The van der Waals surface area contributed by atoms with Crippen LogP contribution in [-0.2, 0) is 16.6 Å². The fraction of sp³-hybridized carbons (Fsp3) is 0.167. The second-order valence-corrected chi connectivity index (χ2v) is 6.83. The zero-order chi connectivity index (χ0) is 13.9. The Hall–Kier alpha value is -1.75. The summed E-state index contributed by atoms with van der Waals surface area (Å²) in [6.45, 7) is 2.03. The molecular weight excluding hydrogens is 282 g/mol. The zero-order valence-electron chi connectivity index (χ0n) is 10.1. The van der Waals surface area contributed by atoms with Gasteiger partial charge in [-0.2, -0.15) is 5.26 Å². The quantitative estimate of drug-likeness (QED) is 0.931. The highest BCUT2D eigenvalue weighted by atomic mass is 32.2. The van der Waals surface area contributed by atoms with Crippen molar-refractivity contribution in [3.05, 3.63) is 45.9 Å². The van der Waals surface area contributed by atoms with E-state index in [0.29, 0.717) is 0 Å². The van der Waals surface area contributed by atoms with Gasteiger partial charge in [0.05, 0.1) is 15.5 Å². The summed E-state index contributed by atoms with van der Waals surface area (Å²) in [5.41, 5.74) is 0.135. The molecule has 0 radical (unpaired) electrons. The van der Waals surface area contributed by atoms with Crippen LogP contribution in [0, 0.1) is 18.3 Å². The number of thiazole rings is 1. The minimum absolute atomic E-state index is 0.00117. The second kappa shape index (κ2) is 5.48. The molecular formula is C12H11N3O2S2. The number of nitriles is 1. The van der Waals surface area contributed by atoms with Crippen LogP contribution in [0.2, 0.25) is 0 Å². The van der Waals surface area contributed by atoms with Crippen molar-refractivity contribution in [2.45, 2.75) is 18.4 Å². The van der Waals surface area contributed by atoms with Gasteiger partial charge >= 0.3 is 0 Å². The first-order valence-corrected chi connectivity index (χ1v) is 7.73. The lowest BCUT2D eigenvalue weighted by atomic mass is 10.2. The minimum Gasteiger partial charge on any atom is -0.250 e. The molecule has 0 saturated carbocycles. The van der Waals surface area contributed by atoms with Crippen LogP contribution in [0.25, 0.3) is 0 Å². The molecule has 0 bridgehead atoms. The Morgan fingerprint density at radius 2 is 2.16 bits per heavy atom. The number of aromatic nitrogens is 1. The van der Waals surface area contributed by atoms with Gasteiger partial charge in [-0.15, -0.1) is 11.3 Å². The SMILES string of the molecule is Cc1ncc(CNS(=O)(=O)c2ccccc2C#N)s1. The van der Waals surface area contributed by atoms with E-state index in [1.807, 2.05) is 13.0 Å². The maximum atomic E-state index is 12.1. The highest BCUT2D eigenvalue weighted by Gasteiger charge is 2.18. The van der Waals surface area contributed by atoms with Crippen LogP contribution < -0.4 is 4.72 Å². The molecule has 0 atom stereocenters. The van der Waals surface area contributed by atoms with Crippen LogP contribution in [0.5, 0.6) is 0 Å². The summed E-state index contributed by atoms with van der Waals surface area (Å²) in [5.74, 6) is 0. The normalized spacial score (nSPS) is 11.2. The molecule has 7 heteroatoms. The summed E-state index contributed by atoms with van der Waals surface area (Å²) in [6, 6.07) is 7.99. The number of sulfonamides is 1. The van der Waals surface area contributed by atoms with Gasteiger partial charge in [0, 0.05) is 17.6 Å². The number of aryl methyl sites for hydroxylation is 1. The number of hydrogen-bond acceptors (Lipinski definition) is 5. The van der Waals surface area contributed by atoms with Crippen molar-refractivity contribution in [3.63, 3.8) is 0 Å². The van der Waals surface area contributed by atoms with Crippen LogP contribution in [0.4, 0.5) is 0 Å². The Balaban J connectivity index is 2.21. The molecule has 0 aliphatic carbocycles. The average Bonchev–Trinajstić information content (AvgIpc) is 2.82. The van der Waals surface area contributed by atoms with Crippen LogP contribution in [-0.4, -0.2) is 13.4 Å². The molecule has 0 spiro atoms. The molecule has 98 valence electrons. The van der Waals surface area contributed by atoms with E-state index in [1.54, 1.807) is 18.3 Å². The summed E-state index contributed by atoms with van der Waals surface area (Å²) in [5, 5.41) is 9.80. The third kappa shape index (κ3) is 3.17. The van der Waals surface area contributed by atoms with Gasteiger partial charge in [0.2, 0.25) is 10.0 Å². The number of nitrogens with one attached hydrogen (secondary N) is 1. The van der Waals surface area contributed by atoms with E-state index in [1.165, 1.54) is 23.5 Å². The Morgan fingerprint density at radius 1 is 1.42 bits per heavy atom. The summed E-state index contributed by atoms with van der Waals surface area (Å²) in [4.78, 5) is 4.88. The molecule has 1 heterocycles. The first-order chi connectivity index (χ1) is 9.03. The smallest absolute Gasteiger partial charge is 0.242 e. The molecule has 2 aromatic rings. The third-order valence-electron chi connectivity index (χ3n) is 2.40. The predicted molar refractivity (Wildman–Crippen MR) is 72.0 cm³/mol. The Bertz CT molecular complexity index is 729. The van der Waals surface area contributed by atoms with E-state index < -0.39 is 10.0 Å². The molecule has 0 aliphatic heterocycles. The van der Waals surface area contributed by atoms with E-state index in [2.05, 4.69) is 9.71 Å². The van der Waals surface area contributed by atoms with E-state index >= 15 is 0 Å². The summed E-state index contributed by atoms with van der Waals surface area (Å²) < 4.78 is 26.7. The van der Waals surface area contributed by atoms with Crippen LogP contribution >= 0.6 is 11.3 Å². The van der Waals surface area contributed by atoms with Gasteiger partial charge in [0.25, 0.3) is 0 Å². The highest BCUT2D eigenvalue weighted by molar-refractivity contribution is 7.89. The number of hydrogen-bond donors (Lipinski definition) is 1. The van der Waals surface area contributed by atoms with Crippen molar-refractivity contribution in [1.29, 1.82) is 5.26 Å². The molecule has 1 aromatic carbocycles. The molecule has 5 nitrogen and oxygen atoms in total. The molecule has 1 N–H and O–H groups in total. The fourth-order valence-corrected chi connectivity index (χ4v) is 3.51. The Kier molecular flexibility index (Phi) is 3.95. The van der Waals surface area contributed by atoms with Crippen molar-refractivity contribution in [2.24, 2.45) is 0 Å². The molecule has 2 rings (SSSR count). The lowest BCUT2D eigenvalue weighted by Gasteiger charge is -2.06. The first-order valence-electron chi connectivity index (χ1n) is 5.43. The van der Waals surface area contributed by atoms with Gasteiger partial charge in [-0.05, 0) is 19.1 Å². The van der Waals surface area contributed by atoms with Gasteiger partial charge in [0.15, 0.2) is 0 Å². The van der Waals surface area contributed by atoms with Gasteiger partial charge in [-0.3, -0.25) is 0 Å². The summed E-state index contributed by atoms with van der Waals surface area (Å²) in [6.07, 6.45) is 1.64. The van der Waals surface area contributed by atoms with Gasteiger partial charge in [-0.1, -0.05) is 12.1 Å². The Morgan fingerprint density at radius 3 is 2.79 bits per heavy atom. The standard InChI is InChI=1S/C12H11N3O2S2/c1-9-14-7-11(18-9)8-15-19(16,17)12-5-3-2-4-10(12)6-13/h2-5,7,15H,8H2,1H3. The molecule has 0 fully saturated rings. The van der Waals surface area contributed by atoms with Crippen molar-refractivity contribution < 1.29 is 8.42 Å². The summed E-state index contributed by atoms with van der Waals surface area (Å²) in [7, 11) is -3.69. The van der Waals surface area contributed by atoms with Crippen molar-refractivity contribution in [3.8, 4) is 6.07 Å². The van der Waals surface area contributed by atoms with E-state index in [9.17, 15) is 8.42 Å². The van der Waals surface area contributed by atoms with Crippen LogP contribution in [0.15, 0.2) is 35.4 Å². The fourth-order valence-electron chi connectivity index (χ4n) is 1.52. The highest BCUT2D eigenvalue weighted by Crippen LogP contribution is 2.16. The number of rotatable bonds is 4. The molecule has 1 aromatic heterocycles. The van der Waals surface area contributed by atoms with E-state index in [4.69, 9.17) is 5.26 Å². The lowest BCUT2D eigenvalue weighted by Crippen LogP contribution is -2.23. The predicted octanol–water partition coefficient (Wildman–Crippen LogP) is 1.80. The summed E-state index contributed by atoms with van der Waals surface area (Å²) >= 11 is 1.43. The molecule has 0 aliphatic rings. The van der Waals surface area contributed by atoms with Crippen molar-refractivity contribution in [1.82, 2.24) is 9.71 Å². The Labute approximate surface area is 115 Å². The van der Waals surface area contributed by atoms with Crippen molar-refractivity contribution in [2.75, 3.05) is 0 Å². The van der Waals surface area contributed by atoms with Crippen molar-refractivity contribution >= 4 is 21.4 Å². The number of benzene rings is 1. The second-order valence-electron chi connectivity index (χ2n) is 3.78. The van der Waals surface area contributed by atoms with E-state index in [0.717, 1.165) is 9.88 Å². The monoisotopic (exact) mass is 293 g/mol. The lowest BCUT2D eigenvalue weighted by molar-refractivity contribution is 0.581. The average molecular weight is 293 g/mol. The maximum absolute atomic E-state index is 12.1. The topological polar surface area (TPSA) is 82.8 Å².